The molecule has 3 nitrogen and oxygen atoms in total. The van der Waals surface area contributed by atoms with Gasteiger partial charge < -0.3 is 5.73 Å². The van der Waals surface area contributed by atoms with E-state index >= 15 is 0 Å². The number of aromatic nitrogens is 2. The van der Waals surface area contributed by atoms with Crippen molar-refractivity contribution in [3.63, 3.8) is 0 Å². The minimum atomic E-state index is 0.117. The highest BCUT2D eigenvalue weighted by Gasteiger charge is 2.27. The molecule has 2 aromatic rings. The normalized spacial score (nSPS) is 17.7. The van der Waals surface area contributed by atoms with E-state index in [9.17, 15) is 0 Å². The van der Waals surface area contributed by atoms with Crippen LogP contribution in [-0.2, 0) is 0 Å². The highest BCUT2D eigenvalue weighted by atomic mass is 15.3. The maximum absolute atomic E-state index is 6.32. The number of hydrogen-bond donors (Lipinski definition) is 1. The summed E-state index contributed by atoms with van der Waals surface area (Å²) < 4.78 is 1.96. The van der Waals surface area contributed by atoms with Gasteiger partial charge in [0.05, 0.1) is 11.4 Å². The molecule has 2 N–H and O–H groups in total. The van der Waals surface area contributed by atoms with Crippen LogP contribution in [-0.4, -0.2) is 9.78 Å². The van der Waals surface area contributed by atoms with Gasteiger partial charge in [0.15, 0.2) is 0 Å². The highest BCUT2D eigenvalue weighted by molar-refractivity contribution is 5.33. The molecule has 1 aliphatic rings. The quantitative estimate of drug-likeness (QED) is 0.876. The Labute approximate surface area is 101 Å². The third-order valence-electron chi connectivity index (χ3n) is 3.67. The molecule has 1 aliphatic carbocycles. The topological polar surface area (TPSA) is 43.8 Å². The smallest absolute Gasteiger partial charge is 0.0649 e. The second-order valence-corrected chi connectivity index (χ2v) is 4.72. The molecular formula is C14H17N3. The van der Waals surface area contributed by atoms with Crippen LogP contribution in [0.2, 0.25) is 0 Å². The zero-order chi connectivity index (χ0) is 11.7. The van der Waals surface area contributed by atoms with Crippen molar-refractivity contribution >= 4 is 0 Å². The van der Waals surface area contributed by atoms with Crippen molar-refractivity contribution in [2.75, 3.05) is 0 Å². The van der Waals surface area contributed by atoms with Crippen LogP contribution in [0.15, 0.2) is 42.6 Å². The third-order valence-corrected chi connectivity index (χ3v) is 3.67. The van der Waals surface area contributed by atoms with Gasteiger partial charge in [-0.1, -0.05) is 24.6 Å². The van der Waals surface area contributed by atoms with Crippen molar-refractivity contribution in [3.8, 4) is 5.69 Å². The Hall–Kier alpha value is -1.61. The molecular weight excluding hydrogens is 210 g/mol. The first-order valence-electron chi connectivity index (χ1n) is 6.21. The summed E-state index contributed by atoms with van der Waals surface area (Å²) in [5.74, 6) is 0.633. The van der Waals surface area contributed by atoms with Gasteiger partial charge in [0.25, 0.3) is 0 Å². The van der Waals surface area contributed by atoms with Gasteiger partial charge in [-0.25, -0.2) is 4.68 Å². The van der Waals surface area contributed by atoms with Crippen LogP contribution in [0.1, 0.15) is 31.0 Å². The lowest BCUT2D eigenvalue weighted by atomic mass is 9.79. The number of para-hydroxylation sites is 1. The van der Waals surface area contributed by atoms with Gasteiger partial charge in [0.2, 0.25) is 0 Å². The first kappa shape index (κ1) is 10.5. The first-order chi connectivity index (χ1) is 8.36. The molecule has 1 atom stereocenters. The van der Waals surface area contributed by atoms with Crippen LogP contribution in [0.5, 0.6) is 0 Å². The number of benzene rings is 1. The van der Waals surface area contributed by atoms with Crippen molar-refractivity contribution in [2.24, 2.45) is 11.7 Å². The Morgan fingerprint density at radius 1 is 1.18 bits per heavy atom. The Morgan fingerprint density at radius 2 is 1.94 bits per heavy atom. The molecule has 0 bridgehead atoms. The highest BCUT2D eigenvalue weighted by Crippen LogP contribution is 2.36. The molecule has 17 heavy (non-hydrogen) atoms. The van der Waals surface area contributed by atoms with Gasteiger partial charge in [0, 0.05) is 12.2 Å². The SMILES string of the molecule is NC(c1ccnn1-c1ccccc1)C1CCC1. The van der Waals surface area contributed by atoms with Crippen molar-refractivity contribution in [1.29, 1.82) is 0 Å². The molecule has 1 unspecified atom stereocenters. The van der Waals surface area contributed by atoms with Gasteiger partial charge >= 0.3 is 0 Å². The maximum Gasteiger partial charge on any atom is 0.0649 e. The fourth-order valence-corrected chi connectivity index (χ4v) is 2.39. The number of nitrogens with two attached hydrogens (primary N) is 1. The molecule has 0 spiro atoms. The Morgan fingerprint density at radius 3 is 2.59 bits per heavy atom. The summed E-state index contributed by atoms with van der Waals surface area (Å²) in [6, 6.07) is 12.3. The number of rotatable bonds is 3. The molecule has 1 fully saturated rings. The van der Waals surface area contributed by atoms with E-state index in [0.717, 1.165) is 11.4 Å². The van der Waals surface area contributed by atoms with Crippen LogP contribution in [0, 0.1) is 5.92 Å². The summed E-state index contributed by atoms with van der Waals surface area (Å²) in [6.45, 7) is 0. The molecule has 1 saturated carbocycles. The largest absolute Gasteiger partial charge is 0.322 e. The second kappa shape index (κ2) is 4.34. The molecule has 0 amide bonds. The maximum atomic E-state index is 6.32. The predicted molar refractivity (Wildman–Crippen MR) is 67.8 cm³/mol. The van der Waals surface area contributed by atoms with Crippen LogP contribution < -0.4 is 5.73 Å². The molecule has 1 heterocycles. The molecule has 1 aromatic carbocycles. The van der Waals surface area contributed by atoms with Crippen LogP contribution in [0.25, 0.3) is 5.69 Å². The van der Waals surface area contributed by atoms with Crippen molar-refractivity contribution in [2.45, 2.75) is 25.3 Å². The Kier molecular flexibility index (Phi) is 2.69. The second-order valence-electron chi connectivity index (χ2n) is 4.72. The zero-order valence-electron chi connectivity index (χ0n) is 9.79. The van der Waals surface area contributed by atoms with Gasteiger partial charge in [-0.2, -0.15) is 5.10 Å². The summed E-state index contributed by atoms with van der Waals surface area (Å²) in [7, 11) is 0. The standard InChI is InChI=1S/C14H17N3/c15-14(11-5-4-6-11)13-9-10-16-17(13)12-7-2-1-3-8-12/h1-3,7-11,14H,4-6,15H2. The average molecular weight is 227 g/mol. The minimum Gasteiger partial charge on any atom is -0.322 e. The Balaban J connectivity index is 1.93. The van der Waals surface area contributed by atoms with Gasteiger partial charge in [-0.15, -0.1) is 0 Å². The minimum absolute atomic E-state index is 0.117. The summed E-state index contributed by atoms with van der Waals surface area (Å²) in [5.41, 5.74) is 8.53. The molecule has 0 aliphatic heterocycles. The van der Waals surface area contributed by atoms with E-state index in [1.54, 1.807) is 0 Å². The fourth-order valence-electron chi connectivity index (χ4n) is 2.39. The van der Waals surface area contributed by atoms with Crippen molar-refractivity contribution in [1.82, 2.24) is 9.78 Å². The molecule has 3 rings (SSSR count). The number of nitrogens with zero attached hydrogens (tertiary/aromatic N) is 2. The molecule has 0 saturated heterocycles. The molecule has 88 valence electrons. The summed E-state index contributed by atoms with van der Waals surface area (Å²) in [5, 5.41) is 4.38. The van der Waals surface area contributed by atoms with E-state index in [2.05, 4.69) is 17.2 Å². The summed E-state index contributed by atoms with van der Waals surface area (Å²) in [4.78, 5) is 0. The summed E-state index contributed by atoms with van der Waals surface area (Å²) >= 11 is 0. The van der Waals surface area contributed by atoms with Gasteiger partial charge in [-0.3, -0.25) is 0 Å². The van der Waals surface area contributed by atoms with E-state index in [0.29, 0.717) is 5.92 Å². The third kappa shape index (κ3) is 1.87. The molecule has 0 radical (unpaired) electrons. The fraction of sp³-hybridized carbons (Fsp3) is 0.357. The van der Waals surface area contributed by atoms with E-state index in [1.807, 2.05) is 35.1 Å². The van der Waals surface area contributed by atoms with E-state index in [4.69, 9.17) is 5.73 Å². The zero-order valence-corrected chi connectivity index (χ0v) is 9.79. The van der Waals surface area contributed by atoms with E-state index in [-0.39, 0.29) is 6.04 Å². The van der Waals surface area contributed by atoms with Crippen LogP contribution >= 0.6 is 0 Å². The lowest BCUT2D eigenvalue weighted by molar-refractivity contribution is 0.259. The Bertz CT molecular complexity index is 485. The molecule has 3 heteroatoms. The monoisotopic (exact) mass is 227 g/mol. The van der Waals surface area contributed by atoms with E-state index < -0.39 is 0 Å². The van der Waals surface area contributed by atoms with Crippen LogP contribution in [0.3, 0.4) is 0 Å². The molecule has 1 aromatic heterocycles. The van der Waals surface area contributed by atoms with Gasteiger partial charge in [-0.05, 0) is 37.0 Å². The van der Waals surface area contributed by atoms with Crippen molar-refractivity contribution < 1.29 is 0 Å². The lowest BCUT2D eigenvalue weighted by Gasteiger charge is -2.31. The van der Waals surface area contributed by atoms with Crippen molar-refractivity contribution in [3.05, 3.63) is 48.3 Å². The first-order valence-corrected chi connectivity index (χ1v) is 6.21. The van der Waals surface area contributed by atoms with Crippen LogP contribution in [0.4, 0.5) is 0 Å². The lowest BCUT2D eigenvalue weighted by Crippen LogP contribution is -2.28. The van der Waals surface area contributed by atoms with Gasteiger partial charge in [0.1, 0.15) is 0 Å². The van der Waals surface area contributed by atoms with E-state index in [1.165, 1.54) is 19.3 Å². The predicted octanol–water partition coefficient (Wildman–Crippen LogP) is 2.67. The summed E-state index contributed by atoms with van der Waals surface area (Å²) in [6.07, 6.45) is 5.65. The average Bonchev–Trinajstić information content (AvgIpc) is 2.76. The number of hydrogen-bond acceptors (Lipinski definition) is 2.